The highest BCUT2D eigenvalue weighted by Gasteiger charge is 2.29. The first-order valence-corrected chi connectivity index (χ1v) is 8.38. The zero-order valence-electron chi connectivity index (χ0n) is 13.2. The summed E-state index contributed by atoms with van der Waals surface area (Å²) >= 11 is 2.04. The molecular formula is C14H28N4OS. The number of hydrogen-bond donors (Lipinski definition) is 1. The molecule has 1 atom stereocenters. The molecule has 5 nitrogen and oxygen atoms in total. The maximum absolute atomic E-state index is 5.79. The molecule has 2 saturated heterocycles. The molecule has 2 rings (SSSR count). The highest BCUT2D eigenvalue weighted by Crippen LogP contribution is 2.29. The zero-order valence-corrected chi connectivity index (χ0v) is 14.0. The van der Waals surface area contributed by atoms with Crippen molar-refractivity contribution in [3.8, 4) is 0 Å². The topological polar surface area (TPSA) is 40.1 Å². The Morgan fingerprint density at radius 1 is 1.45 bits per heavy atom. The summed E-state index contributed by atoms with van der Waals surface area (Å²) in [4.78, 5) is 9.12. The van der Waals surface area contributed by atoms with Gasteiger partial charge in [-0.15, -0.1) is 0 Å². The Kier molecular flexibility index (Phi) is 5.57. The fourth-order valence-electron chi connectivity index (χ4n) is 2.72. The van der Waals surface area contributed by atoms with Gasteiger partial charge in [-0.3, -0.25) is 4.99 Å². The van der Waals surface area contributed by atoms with E-state index in [1.165, 1.54) is 0 Å². The third-order valence-electron chi connectivity index (χ3n) is 3.77. The second kappa shape index (κ2) is 7.00. The van der Waals surface area contributed by atoms with Crippen molar-refractivity contribution in [3.63, 3.8) is 0 Å². The summed E-state index contributed by atoms with van der Waals surface area (Å²) in [5, 5.41) is 3.48. The average Bonchev–Trinajstić information content (AvgIpc) is 2.38. The van der Waals surface area contributed by atoms with Crippen LogP contribution in [0.5, 0.6) is 0 Å². The molecule has 2 aliphatic rings. The molecule has 1 N–H and O–H groups in total. The van der Waals surface area contributed by atoms with Crippen LogP contribution in [0.1, 0.15) is 13.8 Å². The third kappa shape index (κ3) is 4.53. The van der Waals surface area contributed by atoms with E-state index in [1.54, 1.807) is 0 Å². The summed E-state index contributed by atoms with van der Waals surface area (Å²) in [7, 11) is 4.01. The smallest absolute Gasteiger partial charge is 0.193 e. The van der Waals surface area contributed by atoms with Crippen LogP contribution in [0.2, 0.25) is 0 Å². The van der Waals surface area contributed by atoms with Gasteiger partial charge in [0.05, 0.1) is 12.7 Å². The van der Waals surface area contributed by atoms with E-state index < -0.39 is 0 Å². The number of nitrogens with one attached hydrogen (secondary N) is 1. The van der Waals surface area contributed by atoms with Crippen molar-refractivity contribution < 1.29 is 4.74 Å². The lowest BCUT2D eigenvalue weighted by molar-refractivity contribution is -0.0163. The van der Waals surface area contributed by atoms with Gasteiger partial charge in [-0.2, -0.15) is 11.8 Å². The highest BCUT2D eigenvalue weighted by molar-refractivity contribution is 8.00. The highest BCUT2D eigenvalue weighted by atomic mass is 32.2. The Labute approximate surface area is 127 Å². The number of rotatable bonds is 2. The van der Waals surface area contributed by atoms with Crippen molar-refractivity contribution in [3.05, 3.63) is 0 Å². The summed E-state index contributed by atoms with van der Waals surface area (Å²) in [5.74, 6) is 2.17. The summed E-state index contributed by atoms with van der Waals surface area (Å²) in [6.07, 6.45) is 0.262. The number of morpholine rings is 1. The van der Waals surface area contributed by atoms with Gasteiger partial charge in [-0.25, -0.2) is 0 Å². The van der Waals surface area contributed by atoms with Crippen molar-refractivity contribution >= 4 is 17.7 Å². The number of likely N-dealkylation sites (N-methyl/N-ethyl adjacent to an activating group) is 1. The van der Waals surface area contributed by atoms with Crippen LogP contribution in [0.3, 0.4) is 0 Å². The van der Waals surface area contributed by atoms with Crippen LogP contribution in [-0.2, 0) is 4.74 Å². The first-order valence-electron chi connectivity index (χ1n) is 7.40. The first-order chi connectivity index (χ1) is 9.50. The maximum atomic E-state index is 5.79. The zero-order chi connectivity index (χ0) is 14.6. The Morgan fingerprint density at radius 3 is 2.90 bits per heavy atom. The van der Waals surface area contributed by atoms with Crippen LogP contribution in [-0.4, -0.2) is 85.8 Å². The molecule has 0 radical (unpaired) electrons. The van der Waals surface area contributed by atoms with E-state index in [2.05, 4.69) is 41.0 Å². The van der Waals surface area contributed by atoms with E-state index in [9.17, 15) is 0 Å². The fourth-order valence-corrected chi connectivity index (χ4v) is 3.84. The molecule has 0 aromatic heterocycles. The largest absolute Gasteiger partial charge is 0.374 e. The van der Waals surface area contributed by atoms with E-state index in [-0.39, 0.29) is 6.10 Å². The number of hydrogen-bond acceptors (Lipinski definition) is 4. The predicted molar refractivity (Wildman–Crippen MR) is 86.7 cm³/mol. The van der Waals surface area contributed by atoms with E-state index in [1.807, 2.05) is 18.8 Å². The minimum absolute atomic E-state index is 0.262. The van der Waals surface area contributed by atoms with Crippen molar-refractivity contribution in [2.24, 2.45) is 4.99 Å². The number of aliphatic imine (C=N–C) groups is 1. The number of thioether (sulfide) groups is 1. The van der Waals surface area contributed by atoms with E-state index in [4.69, 9.17) is 4.74 Å². The molecule has 2 heterocycles. The molecule has 0 saturated carbocycles. The molecule has 0 aliphatic carbocycles. The lowest BCUT2D eigenvalue weighted by atomic mass is 10.2. The van der Waals surface area contributed by atoms with Crippen LogP contribution in [0.4, 0.5) is 0 Å². The van der Waals surface area contributed by atoms with Gasteiger partial charge in [-0.1, -0.05) is 0 Å². The van der Waals surface area contributed by atoms with Gasteiger partial charge in [0, 0.05) is 50.3 Å². The summed E-state index contributed by atoms with van der Waals surface area (Å²) in [6.45, 7) is 10.4. The van der Waals surface area contributed by atoms with Crippen LogP contribution in [0.15, 0.2) is 4.99 Å². The first kappa shape index (κ1) is 15.9. The van der Waals surface area contributed by atoms with Crippen molar-refractivity contribution in [2.75, 3.05) is 59.2 Å². The summed E-state index contributed by atoms with van der Waals surface area (Å²) < 4.78 is 6.09. The lowest BCUT2D eigenvalue weighted by Gasteiger charge is -2.39. The van der Waals surface area contributed by atoms with Gasteiger partial charge in [0.15, 0.2) is 5.96 Å². The van der Waals surface area contributed by atoms with Crippen molar-refractivity contribution in [1.82, 2.24) is 15.1 Å². The SMILES string of the molecule is CN=C(NCC1CN(C)CCO1)N1CCSC(C)(C)C1. The Morgan fingerprint density at radius 2 is 2.25 bits per heavy atom. The van der Waals surface area contributed by atoms with Crippen LogP contribution < -0.4 is 5.32 Å². The number of nitrogens with zero attached hydrogens (tertiary/aromatic N) is 3. The van der Waals surface area contributed by atoms with Gasteiger partial charge in [-0.05, 0) is 20.9 Å². The molecule has 2 fully saturated rings. The summed E-state index contributed by atoms with van der Waals surface area (Å²) in [6, 6.07) is 0. The normalized spacial score (nSPS) is 28.5. The second-order valence-electron chi connectivity index (χ2n) is 6.21. The van der Waals surface area contributed by atoms with Crippen LogP contribution >= 0.6 is 11.8 Å². The molecular weight excluding hydrogens is 272 g/mol. The maximum Gasteiger partial charge on any atom is 0.193 e. The van der Waals surface area contributed by atoms with Crippen LogP contribution in [0.25, 0.3) is 0 Å². The second-order valence-corrected chi connectivity index (χ2v) is 8.01. The molecule has 20 heavy (non-hydrogen) atoms. The standard InChI is InChI=1S/C14H28N4OS/c1-14(2)11-18(6-8-20-14)13(15-3)16-9-12-10-17(4)5-7-19-12/h12H,5-11H2,1-4H3,(H,15,16). The molecule has 0 spiro atoms. The van der Waals surface area contributed by atoms with Gasteiger partial charge < -0.3 is 19.9 Å². The predicted octanol–water partition coefficient (Wildman–Crippen LogP) is 0.720. The van der Waals surface area contributed by atoms with Crippen LogP contribution in [0, 0.1) is 0 Å². The fraction of sp³-hybridized carbons (Fsp3) is 0.929. The van der Waals surface area contributed by atoms with Gasteiger partial charge in [0.2, 0.25) is 0 Å². The van der Waals surface area contributed by atoms with Crippen molar-refractivity contribution in [2.45, 2.75) is 24.7 Å². The number of ether oxygens (including phenoxy) is 1. The van der Waals surface area contributed by atoms with Crippen molar-refractivity contribution in [1.29, 1.82) is 0 Å². The molecule has 2 aliphatic heterocycles. The summed E-state index contributed by atoms with van der Waals surface area (Å²) in [5.41, 5.74) is 0. The number of guanidine groups is 1. The monoisotopic (exact) mass is 300 g/mol. The third-order valence-corrected chi connectivity index (χ3v) is 5.06. The van der Waals surface area contributed by atoms with Gasteiger partial charge >= 0.3 is 0 Å². The minimum Gasteiger partial charge on any atom is -0.374 e. The van der Waals surface area contributed by atoms with Gasteiger partial charge in [0.1, 0.15) is 0 Å². The molecule has 116 valence electrons. The minimum atomic E-state index is 0.262. The molecule has 1 unspecified atom stereocenters. The Hall–Kier alpha value is -0.460. The average molecular weight is 300 g/mol. The molecule has 0 aromatic rings. The molecule has 0 aromatic carbocycles. The molecule has 6 heteroatoms. The van der Waals surface area contributed by atoms with E-state index in [0.29, 0.717) is 4.75 Å². The quantitative estimate of drug-likeness (QED) is 0.601. The molecule has 0 bridgehead atoms. The lowest BCUT2D eigenvalue weighted by Crippen LogP contribution is -2.53. The Balaban J connectivity index is 1.83. The molecule has 0 amide bonds. The van der Waals surface area contributed by atoms with E-state index >= 15 is 0 Å². The van der Waals surface area contributed by atoms with E-state index in [0.717, 1.165) is 51.0 Å². The van der Waals surface area contributed by atoms with Gasteiger partial charge in [0.25, 0.3) is 0 Å². The Bertz CT molecular complexity index is 348.